The van der Waals surface area contributed by atoms with Crippen LogP contribution in [-0.2, 0) is 14.3 Å². The van der Waals surface area contributed by atoms with Crippen LogP contribution in [0.2, 0.25) is 0 Å². The number of hydrogen-bond donors (Lipinski definition) is 0. The summed E-state index contributed by atoms with van der Waals surface area (Å²) >= 11 is 0. The molecular formula is C15H26N2O3. The van der Waals surface area contributed by atoms with Crippen LogP contribution in [0.25, 0.3) is 0 Å². The predicted molar refractivity (Wildman–Crippen MR) is 76.7 cm³/mol. The number of carbonyl (C=O) groups excluding carboxylic acids is 2. The molecule has 1 atom stereocenters. The number of carbonyl (C=O) groups is 2. The second-order valence-electron chi connectivity index (χ2n) is 6.08. The Morgan fingerprint density at radius 2 is 1.85 bits per heavy atom. The first-order valence-electron chi connectivity index (χ1n) is 7.00. The van der Waals surface area contributed by atoms with Crippen molar-refractivity contribution in [3.05, 3.63) is 0 Å². The predicted octanol–water partition coefficient (Wildman–Crippen LogP) is 2.36. The molecule has 114 valence electrons. The highest BCUT2D eigenvalue weighted by atomic mass is 16.5. The zero-order valence-corrected chi connectivity index (χ0v) is 13.4. The van der Waals surface area contributed by atoms with E-state index in [1.165, 1.54) is 0 Å². The van der Waals surface area contributed by atoms with Crippen LogP contribution in [0.4, 0.5) is 0 Å². The summed E-state index contributed by atoms with van der Waals surface area (Å²) in [5, 5.41) is 8.69. The Bertz CT molecular complexity index is 378. The fraction of sp³-hybridized carbons (Fsp3) is 0.800. The summed E-state index contributed by atoms with van der Waals surface area (Å²) in [6.07, 6.45) is 0.254. The number of ether oxygens (including phenoxy) is 1. The lowest BCUT2D eigenvalue weighted by atomic mass is 9.79. The number of amides is 1. The third kappa shape index (κ3) is 5.20. The Morgan fingerprint density at radius 3 is 2.20 bits per heavy atom. The van der Waals surface area contributed by atoms with Crippen molar-refractivity contribution in [1.82, 2.24) is 4.90 Å². The van der Waals surface area contributed by atoms with E-state index >= 15 is 0 Å². The van der Waals surface area contributed by atoms with Crippen LogP contribution < -0.4 is 0 Å². The van der Waals surface area contributed by atoms with E-state index in [0.717, 1.165) is 0 Å². The Labute approximate surface area is 121 Å². The summed E-state index contributed by atoms with van der Waals surface area (Å²) in [6, 6.07) is 1.97. The molecule has 5 nitrogen and oxygen atoms in total. The highest BCUT2D eigenvalue weighted by molar-refractivity contribution is 5.98. The van der Waals surface area contributed by atoms with Crippen LogP contribution in [0.1, 0.15) is 48.0 Å². The summed E-state index contributed by atoms with van der Waals surface area (Å²) in [5.74, 6) is -1.60. The molecule has 0 aliphatic heterocycles. The molecule has 0 aromatic carbocycles. The molecule has 0 radical (unpaired) electrons. The molecule has 0 saturated heterocycles. The van der Waals surface area contributed by atoms with Crippen LogP contribution >= 0.6 is 0 Å². The van der Waals surface area contributed by atoms with Gasteiger partial charge in [0.05, 0.1) is 19.1 Å². The average molecular weight is 282 g/mol. The van der Waals surface area contributed by atoms with Crippen molar-refractivity contribution >= 4 is 11.9 Å². The topological polar surface area (TPSA) is 70.4 Å². The zero-order valence-electron chi connectivity index (χ0n) is 13.4. The zero-order chi connectivity index (χ0) is 15.9. The molecule has 0 fully saturated rings. The average Bonchev–Trinajstić information content (AvgIpc) is 2.27. The van der Waals surface area contributed by atoms with Gasteiger partial charge in [-0.15, -0.1) is 0 Å². The Balaban J connectivity index is 5.29. The second-order valence-corrected chi connectivity index (χ2v) is 6.08. The van der Waals surface area contributed by atoms with Gasteiger partial charge in [-0.2, -0.15) is 5.26 Å². The standard InChI is InChI=1S/C15H26N2O3/c1-7-20-14(19)12(15(4,5)6)13(18)17(11(2)3)10-8-9-16/h11-12H,7-8,10H2,1-6H3. The van der Waals surface area contributed by atoms with Crippen LogP contribution in [0.15, 0.2) is 0 Å². The number of nitrogens with zero attached hydrogens (tertiary/aromatic N) is 2. The smallest absolute Gasteiger partial charge is 0.319 e. The van der Waals surface area contributed by atoms with E-state index in [-0.39, 0.29) is 25.0 Å². The van der Waals surface area contributed by atoms with E-state index < -0.39 is 17.3 Å². The van der Waals surface area contributed by atoms with Gasteiger partial charge in [-0.25, -0.2) is 0 Å². The number of esters is 1. The summed E-state index contributed by atoms with van der Waals surface area (Å²) in [6.45, 7) is 11.6. The maximum atomic E-state index is 12.7. The maximum Gasteiger partial charge on any atom is 0.319 e. The first-order chi connectivity index (χ1) is 9.16. The Hall–Kier alpha value is -1.57. The van der Waals surface area contributed by atoms with Crippen molar-refractivity contribution in [2.24, 2.45) is 11.3 Å². The van der Waals surface area contributed by atoms with Gasteiger partial charge < -0.3 is 9.64 Å². The summed E-state index contributed by atoms with van der Waals surface area (Å²) in [5.41, 5.74) is -0.525. The van der Waals surface area contributed by atoms with Crippen molar-refractivity contribution < 1.29 is 14.3 Å². The van der Waals surface area contributed by atoms with Crippen molar-refractivity contribution in [3.63, 3.8) is 0 Å². The number of hydrogen-bond acceptors (Lipinski definition) is 4. The fourth-order valence-corrected chi connectivity index (χ4v) is 2.01. The van der Waals surface area contributed by atoms with Crippen LogP contribution in [0, 0.1) is 22.7 Å². The first-order valence-corrected chi connectivity index (χ1v) is 7.00. The highest BCUT2D eigenvalue weighted by Gasteiger charge is 2.41. The summed E-state index contributed by atoms with van der Waals surface area (Å²) in [7, 11) is 0. The quantitative estimate of drug-likeness (QED) is 0.554. The van der Waals surface area contributed by atoms with Gasteiger partial charge in [-0.3, -0.25) is 9.59 Å². The molecule has 0 aromatic rings. The lowest BCUT2D eigenvalue weighted by Gasteiger charge is -2.34. The third-order valence-corrected chi connectivity index (χ3v) is 3.01. The van der Waals surface area contributed by atoms with Gasteiger partial charge >= 0.3 is 5.97 Å². The lowest BCUT2D eigenvalue weighted by molar-refractivity contribution is -0.161. The molecule has 0 N–H and O–H groups in total. The molecular weight excluding hydrogens is 256 g/mol. The van der Waals surface area contributed by atoms with Gasteiger partial charge in [-0.05, 0) is 26.2 Å². The largest absolute Gasteiger partial charge is 0.465 e. The number of nitriles is 1. The van der Waals surface area contributed by atoms with E-state index in [0.29, 0.717) is 6.54 Å². The summed E-state index contributed by atoms with van der Waals surface area (Å²) in [4.78, 5) is 26.3. The maximum absolute atomic E-state index is 12.7. The van der Waals surface area contributed by atoms with Gasteiger partial charge in [0.1, 0.15) is 5.92 Å². The van der Waals surface area contributed by atoms with E-state index in [1.54, 1.807) is 11.8 Å². The van der Waals surface area contributed by atoms with Crippen LogP contribution in [0.5, 0.6) is 0 Å². The molecule has 0 rings (SSSR count). The van der Waals surface area contributed by atoms with Gasteiger partial charge in [0.2, 0.25) is 5.91 Å². The second kappa shape index (κ2) is 7.88. The normalized spacial score (nSPS) is 12.7. The molecule has 0 aromatic heterocycles. The molecule has 0 saturated carbocycles. The number of rotatable bonds is 6. The molecule has 0 spiro atoms. The minimum absolute atomic E-state index is 0.0601. The Morgan fingerprint density at radius 1 is 1.30 bits per heavy atom. The molecule has 0 aliphatic carbocycles. The van der Waals surface area contributed by atoms with Crippen molar-refractivity contribution in [1.29, 1.82) is 5.26 Å². The molecule has 0 heterocycles. The van der Waals surface area contributed by atoms with E-state index in [4.69, 9.17) is 10.00 Å². The van der Waals surface area contributed by atoms with Crippen molar-refractivity contribution in [2.75, 3.05) is 13.2 Å². The molecule has 5 heteroatoms. The molecule has 1 amide bonds. The van der Waals surface area contributed by atoms with E-state index in [2.05, 4.69) is 0 Å². The highest BCUT2D eigenvalue weighted by Crippen LogP contribution is 2.29. The lowest BCUT2D eigenvalue weighted by Crippen LogP contribution is -2.48. The summed E-state index contributed by atoms with van der Waals surface area (Å²) < 4.78 is 5.03. The van der Waals surface area contributed by atoms with E-state index in [1.807, 2.05) is 40.7 Å². The van der Waals surface area contributed by atoms with Crippen molar-refractivity contribution in [2.45, 2.75) is 54.0 Å². The van der Waals surface area contributed by atoms with Gasteiger partial charge in [0.15, 0.2) is 0 Å². The van der Waals surface area contributed by atoms with Crippen LogP contribution in [0.3, 0.4) is 0 Å². The minimum Gasteiger partial charge on any atom is -0.465 e. The minimum atomic E-state index is -0.844. The monoisotopic (exact) mass is 282 g/mol. The fourth-order valence-electron chi connectivity index (χ4n) is 2.01. The Kier molecular flexibility index (Phi) is 7.26. The van der Waals surface area contributed by atoms with Gasteiger partial charge in [0, 0.05) is 12.6 Å². The molecule has 1 unspecified atom stereocenters. The van der Waals surface area contributed by atoms with E-state index in [9.17, 15) is 9.59 Å². The molecule has 0 aliphatic rings. The third-order valence-electron chi connectivity index (χ3n) is 3.01. The van der Waals surface area contributed by atoms with Gasteiger partial charge in [-0.1, -0.05) is 20.8 Å². The first kappa shape index (κ1) is 18.4. The molecule has 0 bridgehead atoms. The SMILES string of the molecule is CCOC(=O)C(C(=O)N(CCC#N)C(C)C)C(C)(C)C. The van der Waals surface area contributed by atoms with Crippen LogP contribution in [-0.4, -0.2) is 36.0 Å². The molecule has 20 heavy (non-hydrogen) atoms. The van der Waals surface area contributed by atoms with Crippen molar-refractivity contribution in [3.8, 4) is 6.07 Å². The van der Waals surface area contributed by atoms with Gasteiger partial charge in [0.25, 0.3) is 0 Å².